The summed E-state index contributed by atoms with van der Waals surface area (Å²) in [6.07, 6.45) is 1.02. The molecular weight excluding hydrogens is 210 g/mol. The van der Waals surface area contributed by atoms with Gasteiger partial charge in [0.2, 0.25) is 0 Å². The SMILES string of the molecule is Nc1cc(C(F)F)cc(N2CCCCC2)c1. The number of nitrogens with two attached hydrogens (primary N) is 1. The van der Waals surface area contributed by atoms with Gasteiger partial charge in [0.25, 0.3) is 6.43 Å². The highest BCUT2D eigenvalue weighted by atomic mass is 19.3. The van der Waals surface area contributed by atoms with E-state index in [0.29, 0.717) is 5.69 Å². The van der Waals surface area contributed by atoms with Crippen molar-refractivity contribution in [3.05, 3.63) is 23.8 Å². The van der Waals surface area contributed by atoms with Crippen molar-refractivity contribution < 1.29 is 8.78 Å². The first kappa shape index (κ1) is 11.2. The molecule has 0 bridgehead atoms. The van der Waals surface area contributed by atoms with Crippen molar-refractivity contribution in [3.63, 3.8) is 0 Å². The van der Waals surface area contributed by atoms with Gasteiger partial charge in [0.15, 0.2) is 0 Å². The molecule has 1 heterocycles. The number of anilines is 2. The molecule has 0 amide bonds. The van der Waals surface area contributed by atoms with Crippen LogP contribution in [0.25, 0.3) is 0 Å². The first-order valence-corrected chi connectivity index (χ1v) is 5.60. The Morgan fingerprint density at radius 1 is 1.06 bits per heavy atom. The summed E-state index contributed by atoms with van der Waals surface area (Å²) in [5.74, 6) is 0. The van der Waals surface area contributed by atoms with Crippen molar-refractivity contribution >= 4 is 11.4 Å². The monoisotopic (exact) mass is 226 g/mol. The van der Waals surface area contributed by atoms with E-state index < -0.39 is 6.43 Å². The maximum Gasteiger partial charge on any atom is 0.263 e. The van der Waals surface area contributed by atoms with E-state index in [9.17, 15) is 8.78 Å². The number of alkyl halides is 2. The van der Waals surface area contributed by atoms with Gasteiger partial charge in [-0.3, -0.25) is 0 Å². The van der Waals surface area contributed by atoms with Gasteiger partial charge in [-0.25, -0.2) is 8.78 Å². The molecule has 0 radical (unpaired) electrons. The molecule has 0 spiro atoms. The Kier molecular flexibility index (Phi) is 3.27. The molecule has 0 atom stereocenters. The number of halogens is 2. The zero-order chi connectivity index (χ0) is 11.5. The summed E-state index contributed by atoms with van der Waals surface area (Å²) in [6, 6.07) is 4.67. The lowest BCUT2D eigenvalue weighted by molar-refractivity contribution is 0.151. The zero-order valence-corrected chi connectivity index (χ0v) is 9.13. The second-order valence-corrected chi connectivity index (χ2v) is 4.21. The molecule has 1 aromatic rings. The summed E-state index contributed by atoms with van der Waals surface area (Å²) in [6.45, 7) is 1.87. The normalized spacial score (nSPS) is 16.8. The van der Waals surface area contributed by atoms with Crippen molar-refractivity contribution in [1.82, 2.24) is 0 Å². The largest absolute Gasteiger partial charge is 0.399 e. The fourth-order valence-electron chi connectivity index (χ4n) is 2.12. The molecule has 4 heteroatoms. The highest BCUT2D eigenvalue weighted by Gasteiger charge is 2.14. The molecule has 1 aliphatic rings. The Morgan fingerprint density at radius 2 is 1.75 bits per heavy atom. The van der Waals surface area contributed by atoms with Crippen LogP contribution in [0.15, 0.2) is 18.2 Å². The van der Waals surface area contributed by atoms with Crippen molar-refractivity contribution in [2.75, 3.05) is 23.7 Å². The maximum atomic E-state index is 12.6. The topological polar surface area (TPSA) is 29.3 Å². The summed E-state index contributed by atoms with van der Waals surface area (Å²) in [5, 5.41) is 0. The molecule has 1 aliphatic heterocycles. The van der Waals surface area contributed by atoms with Gasteiger partial charge >= 0.3 is 0 Å². The molecule has 1 aromatic carbocycles. The summed E-state index contributed by atoms with van der Waals surface area (Å²) in [7, 11) is 0. The van der Waals surface area contributed by atoms with Gasteiger partial charge in [-0.15, -0.1) is 0 Å². The second-order valence-electron chi connectivity index (χ2n) is 4.21. The average Bonchev–Trinajstić information content (AvgIpc) is 2.29. The average molecular weight is 226 g/mol. The molecule has 0 aliphatic carbocycles. The number of hydrogen-bond donors (Lipinski definition) is 1. The zero-order valence-electron chi connectivity index (χ0n) is 9.13. The van der Waals surface area contributed by atoms with E-state index in [2.05, 4.69) is 4.90 Å². The standard InChI is InChI=1S/C12H16F2N2/c13-12(14)9-6-10(15)8-11(7-9)16-4-2-1-3-5-16/h6-8,12H,1-5,15H2. The van der Waals surface area contributed by atoms with E-state index in [1.165, 1.54) is 12.5 Å². The van der Waals surface area contributed by atoms with Crippen molar-refractivity contribution in [3.8, 4) is 0 Å². The van der Waals surface area contributed by atoms with Gasteiger partial charge in [-0.05, 0) is 37.5 Å². The molecule has 0 saturated carbocycles. The Morgan fingerprint density at radius 3 is 2.38 bits per heavy atom. The third-order valence-corrected chi connectivity index (χ3v) is 2.94. The van der Waals surface area contributed by atoms with Crippen LogP contribution in [0.1, 0.15) is 31.3 Å². The molecular formula is C12H16F2N2. The van der Waals surface area contributed by atoms with Crippen LogP contribution in [-0.2, 0) is 0 Å². The Bertz CT molecular complexity index is 360. The van der Waals surface area contributed by atoms with Crippen LogP contribution < -0.4 is 10.6 Å². The Labute approximate surface area is 94.0 Å². The summed E-state index contributed by atoms with van der Waals surface area (Å²) >= 11 is 0. The smallest absolute Gasteiger partial charge is 0.263 e. The van der Waals surface area contributed by atoms with E-state index in [1.807, 2.05) is 0 Å². The Hall–Kier alpha value is -1.32. The molecule has 1 fully saturated rings. The molecule has 2 nitrogen and oxygen atoms in total. The minimum atomic E-state index is -2.45. The van der Waals surface area contributed by atoms with Crippen LogP contribution >= 0.6 is 0 Å². The van der Waals surface area contributed by atoms with Crippen LogP contribution in [0.2, 0.25) is 0 Å². The summed E-state index contributed by atoms with van der Waals surface area (Å²) in [4.78, 5) is 2.13. The van der Waals surface area contributed by atoms with E-state index in [0.717, 1.165) is 31.6 Å². The van der Waals surface area contributed by atoms with Crippen LogP contribution in [0.5, 0.6) is 0 Å². The number of benzene rings is 1. The predicted molar refractivity (Wildman–Crippen MR) is 61.9 cm³/mol. The van der Waals surface area contributed by atoms with Crippen LogP contribution in [0.3, 0.4) is 0 Å². The highest BCUT2D eigenvalue weighted by Crippen LogP contribution is 2.28. The number of nitrogens with zero attached hydrogens (tertiary/aromatic N) is 1. The second kappa shape index (κ2) is 4.68. The first-order valence-electron chi connectivity index (χ1n) is 5.60. The lowest BCUT2D eigenvalue weighted by Crippen LogP contribution is -2.29. The van der Waals surface area contributed by atoms with Crippen molar-refractivity contribution in [1.29, 1.82) is 0 Å². The van der Waals surface area contributed by atoms with Crippen LogP contribution in [-0.4, -0.2) is 13.1 Å². The molecule has 88 valence electrons. The quantitative estimate of drug-likeness (QED) is 0.785. The summed E-state index contributed by atoms with van der Waals surface area (Å²) in [5.41, 5.74) is 6.90. The van der Waals surface area contributed by atoms with Gasteiger partial charge in [0.05, 0.1) is 0 Å². The van der Waals surface area contributed by atoms with E-state index >= 15 is 0 Å². The van der Waals surface area contributed by atoms with Crippen LogP contribution in [0, 0.1) is 0 Å². The van der Waals surface area contributed by atoms with Gasteiger partial charge in [0, 0.05) is 30.0 Å². The minimum absolute atomic E-state index is 0.0144. The highest BCUT2D eigenvalue weighted by molar-refractivity contribution is 5.59. The van der Waals surface area contributed by atoms with Gasteiger partial charge in [-0.1, -0.05) is 0 Å². The van der Waals surface area contributed by atoms with Crippen LogP contribution in [0.4, 0.5) is 20.2 Å². The number of nitrogen functional groups attached to an aromatic ring is 1. The molecule has 16 heavy (non-hydrogen) atoms. The molecule has 2 rings (SSSR count). The third-order valence-electron chi connectivity index (χ3n) is 2.94. The third kappa shape index (κ3) is 2.43. The Balaban J connectivity index is 2.25. The molecule has 0 unspecified atom stereocenters. The molecule has 1 saturated heterocycles. The maximum absolute atomic E-state index is 12.6. The van der Waals surface area contributed by atoms with Gasteiger partial charge < -0.3 is 10.6 Å². The first-order chi connectivity index (χ1) is 7.66. The fraction of sp³-hybridized carbons (Fsp3) is 0.500. The fourth-order valence-corrected chi connectivity index (χ4v) is 2.12. The molecule has 2 N–H and O–H groups in total. The lowest BCUT2D eigenvalue weighted by Gasteiger charge is -2.29. The minimum Gasteiger partial charge on any atom is -0.399 e. The predicted octanol–water partition coefficient (Wildman–Crippen LogP) is 3.20. The van der Waals surface area contributed by atoms with Crippen molar-refractivity contribution in [2.45, 2.75) is 25.7 Å². The van der Waals surface area contributed by atoms with Crippen molar-refractivity contribution in [2.24, 2.45) is 0 Å². The van der Waals surface area contributed by atoms with E-state index in [-0.39, 0.29) is 5.56 Å². The number of piperidine rings is 1. The number of rotatable bonds is 2. The molecule has 0 aromatic heterocycles. The summed E-state index contributed by atoms with van der Waals surface area (Å²) < 4.78 is 25.2. The number of hydrogen-bond acceptors (Lipinski definition) is 2. The van der Waals surface area contributed by atoms with E-state index in [4.69, 9.17) is 5.73 Å². The lowest BCUT2D eigenvalue weighted by atomic mass is 10.1. The van der Waals surface area contributed by atoms with E-state index in [1.54, 1.807) is 12.1 Å². The van der Waals surface area contributed by atoms with Gasteiger partial charge in [0.1, 0.15) is 0 Å². The van der Waals surface area contributed by atoms with Gasteiger partial charge in [-0.2, -0.15) is 0 Å².